The summed E-state index contributed by atoms with van der Waals surface area (Å²) in [4.78, 5) is 0. The second kappa shape index (κ2) is 6.29. The molecule has 0 bridgehead atoms. The van der Waals surface area contributed by atoms with Crippen molar-refractivity contribution in [2.75, 3.05) is 0 Å². The van der Waals surface area contributed by atoms with Crippen LogP contribution in [0.5, 0.6) is 0 Å². The Kier molecular flexibility index (Phi) is 4.70. The number of halogens is 3. The van der Waals surface area contributed by atoms with E-state index in [9.17, 15) is 8.78 Å². The molecule has 19 heavy (non-hydrogen) atoms. The molecule has 0 amide bonds. The summed E-state index contributed by atoms with van der Waals surface area (Å²) in [7, 11) is 0. The number of rotatable bonds is 4. The van der Waals surface area contributed by atoms with E-state index in [0.717, 1.165) is 28.9 Å². The zero-order valence-corrected chi connectivity index (χ0v) is 12.3. The van der Waals surface area contributed by atoms with Crippen LogP contribution in [0.25, 0.3) is 0 Å². The van der Waals surface area contributed by atoms with Crippen LogP contribution in [0.2, 0.25) is 0 Å². The highest BCUT2D eigenvalue weighted by molar-refractivity contribution is 9.10. The number of hydrogen-bond acceptors (Lipinski definition) is 0. The molecule has 2 aromatic rings. The smallest absolute Gasteiger partial charge is 0.129 e. The molecular weight excluding hydrogens is 310 g/mol. The summed E-state index contributed by atoms with van der Waals surface area (Å²) in [5.74, 6) is -1.04. The van der Waals surface area contributed by atoms with Gasteiger partial charge in [0.25, 0.3) is 0 Å². The van der Waals surface area contributed by atoms with Crippen molar-refractivity contribution < 1.29 is 8.78 Å². The van der Waals surface area contributed by atoms with Crippen molar-refractivity contribution in [2.24, 2.45) is 0 Å². The van der Waals surface area contributed by atoms with Gasteiger partial charge in [-0.1, -0.05) is 47.5 Å². The first kappa shape index (κ1) is 14.2. The maximum absolute atomic E-state index is 13.6. The van der Waals surface area contributed by atoms with Crippen LogP contribution in [0.1, 0.15) is 30.0 Å². The molecule has 0 nitrogen and oxygen atoms in total. The Morgan fingerprint density at radius 2 is 1.74 bits per heavy atom. The van der Waals surface area contributed by atoms with Crippen molar-refractivity contribution in [2.45, 2.75) is 26.2 Å². The third-order valence-corrected chi connectivity index (χ3v) is 3.79. The van der Waals surface area contributed by atoms with Gasteiger partial charge in [0, 0.05) is 17.0 Å². The second-order valence-corrected chi connectivity index (χ2v) is 5.44. The quantitative estimate of drug-likeness (QED) is 0.718. The van der Waals surface area contributed by atoms with Gasteiger partial charge in [-0.05, 0) is 35.2 Å². The van der Waals surface area contributed by atoms with E-state index in [-0.39, 0.29) is 0 Å². The van der Waals surface area contributed by atoms with E-state index in [1.54, 1.807) is 0 Å². The molecule has 0 aliphatic heterocycles. The zero-order valence-electron chi connectivity index (χ0n) is 10.7. The molecular formula is C16H15BrF2. The van der Waals surface area contributed by atoms with Gasteiger partial charge in [0.2, 0.25) is 0 Å². The van der Waals surface area contributed by atoms with Crippen LogP contribution in [-0.4, -0.2) is 0 Å². The fourth-order valence-corrected chi connectivity index (χ4v) is 2.61. The van der Waals surface area contributed by atoms with Crippen LogP contribution in [0.15, 0.2) is 40.9 Å². The average Bonchev–Trinajstić information content (AvgIpc) is 2.36. The standard InChI is InChI=1S/C16H15BrF2/c1-2-3-11-4-5-12(15(17)8-11)9-13-6-7-14(18)10-16(13)19/h4-8,10H,2-3,9H2,1H3. The van der Waals surface area contributed by atoms with Crippen LogP contribution in [0, 0.1) is 11.6 Å². The van der Waals surface area contributed by atoms with Gasteiger partial charge in [-0.2, -0.15) is 0 Å². The van der Waals surface area contributed by atoms with Crippen LogP contribution in [0.3, 0.4) is 0 Å². The Bertz CT molecular complexity index is 579. The fourth-order valence-electron chi connectivity index (χ4n) is 2.05. The topological polar surface area (TPSA) is 0 Å². The molecule has 0 aromatic heterocycles. The maximum atomic E-state index is 13.6. The molecule has 2 aromatic carbocycles. The van der Waals surface area contributed by atoms with E-state index < -0.39 is 11.6 Å². The summed E-state index contributed by atoms with van der Waals surface area (Å²) in [6.07, 6.45) is 2.58. The van der Waals surface area contributed by atoms with Gasteiger partial charge in [0.05, 0.1) is 0 Å². The minimum absolute atomic E-state index is 0.457. The molecule has 0 N–H and O–H groups in total. The minimum atomic E-state index is -0.543. The van der Waals surface area contributed by atoms with Crippen LogP contribution in [0.4, 0.5) is 8.78 Å². The predicted molar refractivity (Wildman–Crippen MR) is 77.3 cm³/mol. The Balaban J connectivity index is 2.23. The van der Waals surface area contributed by atoms with Crippen molar-refractivity contribution >= 4 is 15.9 Å². The molecule has 0 radical (unpaired) electrons. The third kappa shape index (κ3) is 3.63. The molecule has 0 aliphatic carbocycles. The zero-order chi connectivity index (χ0) is 13.8. The second-order valence-electron chi connectivity index (χ2n) is 4.59. The van der Waals surface area contributed by atoms with Crippen molar-refractivity contribution in [3.05, 3.63) is 69.2 Å². The summed E-state index contributed by atoms with van der Waals surface area (Å²) in [6.45, 7) is 2.13. The van der Waals surface area contributed by atoms with Gasteiger partial charge in [0.15, 0.2) is 0 Å². The lowest BCUT2D eigenvalue weighted by Crippen LogP contribution is -1.95. The van der Waals surface area contributed by atoms with Crippen molar-refractivity contribution in [1.82, 2.24) is 0 Å². The van der Waals surface area contributed by atoms with Crippen LogP contribution < -0.4 is 0 Å². The lowest BCUT2D eigenvalue weighted by atomic mass is 10.0. The van der Waals surface area contributed by atoms with E-state index in [4.69, 9.17) is 0 Å². The molecule has 0 spiro atoms. The molecule has 0 heterocycles. The Morgan fingerprint density at radius 3 is 2.37 bits per heavy atom. The normalized spacial score (nSPS) is 10.7. The van der Waals surface area contributed by atoms with Gasteiger partial charge < -0.3 is 0 Å². The lowest BCUT2D eigenvalue weighted by Gasteiger charge is -2.08. The van der Waals surface area contributed by atoms with Gasteiger partial charge in [-0.15, -0.1) is 0 Å². The molecule has 0 saturated carbocycles. The van der Waals surface area contributed by atoms with E-state index in [2.05, 4.69) is 35.0 Å². The van der Waals surface area contributed by atoms with Crippen molar-refractivity contribution in [1.29, 1.82) is 0 Å². The molecule has 3 heteroatoms. The molecule has 0 aliphatic rings. The first-order chi connectivity index (χ1) is 9.10. The van der Waals surface area contributed by atoms with E-state index in [0.29, 0.717) is 12.0 Å². The van der Waals surface area contributed by atoms with Gasteiger partial charge in [-0.25, -0.2) is 8.78 Å². The van der Waals surface area contributed by atoms with Crippen LogP contribution >= 0.6 is 15.9 Å². The van der Waals surface area contributed by atoms with Crippen molar-refractivity contribution in [3.8, 4) is 0 Å². The molecule has 0 atom stereocenters. The van der Waals surface area contributed by atoms with Crippen LogP contribution in [-0.2, 0) is 12.8 Å². The summed E-state index contributed by atoms with van der Waals surface area (Å²) in [5.41, 5.74) is 2.77. The van der Waals surface area contributed by atoms with E-state index in [1.807, 2.05) is 6.07 Å². The number of benzene rings is 2. The third-order valence-electron chi connectivity index (χ3n) is 3.05. The molecule has 2 rings (SSSR count). The summed E-state index contributed by atoms with van der Waals surface area (Å²) >= 11 is 3.52. The van der Waals surface area contributed by atoms with Gasteiger partial charge in [0.1, 0.15) is 11.6 Å². The number of hydrogen-bond donors (Lipinski definition) is 0. The molecule has 0 saturated heterocycles. The molecule has 100 valence electrons. The molecule has 0 unspecified atom stereocenters. The minimum Gasteiger partial charge on any atom is -0.207 e. The monoisotopic (exact) mass is 324 g/mol. The summed E-state index contributed by atoms with van der Waals surface area (Å²) < 4.78 is 27.4. The largest absolute Gasteiger partial charge is 0.207 e. The highest BCUT2D eigenvalue weighted by atomic mass is 79.9. The van der Waals surface area contributed by atoms with Gasteiger partial charge >= 0.3 is 0 Å². The Hall–Kier alpha value is -1.22. The van der Waals surface area contributed by atoms with E-state index in [1.165, 1.54) is 17.7 Å². The number of aryl methyl sites for hydroxylation is 1. The Morgan fingerprint density at radius 1 is 1.00 bits per heavy atom. The molecule has 0 fully saturated rings. The first-order valence-electron chi connectivity index (χ1n) is 6.31. The predicted octanol–water partition coefficient (Wildman–Crippen LogP) is 5.27. The highest BCUT2D eigenvalue weighted by Gasteiger charge is 2.08. The first-order valence-corrected chi connectivity index (χ1v) is 7.10. The summed E-state index contributed by atoms with van der Waals surface area (Å²) in [5, 5.41) is 0. The summed E-state index contributed by atoms with van der Waals surface area (Å²) in [6, 6.07) is 9.84. The SMILES string of the molecule is CCCc1ccc(Cc2ccc(F)cc2F)c(Br)c1. The lowest BCUT2D eigenvalue weighted by molar-refractivity contribution is 0.574. The van der Waals surface area contributed by atoms with Crippen molar-refractivity contribution in [3.63, 3.8) is 0 Å². The average molecular weight is 325 g/mol. The maximum Gasteiger partial charge on any atom is 0.129 e. The van der Waals surface area contributed by atoms with Gasteiger partial charge in [-0.3, -0.25) is 0 Å². The fraction of sp³-hybridized carbons (Fsp3) is 0.250. The Labute approximate surface area is 120 Å². The van der Waals surface area contributed by atoms with E-state index >= 15 is 0 Å². The highest BCUT2D eigenvalue weighted by Crippen LogP contribution is 2.23.